The molecule has 0 saturated heterocycles. The van der Waals surface area contributed by atoms with Gasteiger partial charge < -0.3 is 30.4 Å². The predicted octanol–water partition coefficient (Wildman–Crippen LogP) is 19.2. The number of nitro groups is 1. The number of nitrogens with two attached hydrogens (primary N) is 2. The van der Waals surface area contributed by atoms with E-state index in [1.54, 1.807) is 51.1 Å². The van der Waals surface area contributed by atoms with Crippen molar-refractivity contribution in [3.63, 3.8) is 0 Å². The Morgan fingerprint density at radius 3 is 0.954 bits per heavy atom. The first-order chi connectivity index (χ1) is 50.9. The van der Waals surface area contributed by atoms with E-state index in [-0.39, 0.29) is 104 Å². The van der Waals surface area contributed by atoms with Crippen LogP contribution in [-0.4, -0.2) is 119 Å². The Morgan fingerprint density at radius 2 is 0.679 bits per heavy atom. The number of carbonyl (C=O) groups excluding carboxylic acids is 4. The number of alkyl halides is 4. The molecule has 0 bridgehead atoms. The number of thioether (sulfide) groups is 4. The SMILES string of the molecule is CC(C)(C)OC(=O)CC1=N[C@@]2(c3cc(N)ccc3F)CC[C@H](F)C[C@H]2CS1.CC(C)(C)OC(=O)CC1=N[C@@]2(c3cc(N)ccc3F)CC[C@H](F)C[C@H]2CS1.CC(C)(C)OC(=O)CC1=N[C@@]2(c3cc([N+](=O)[O-])ccc3F)CC[C@H](F)C[C@H]2CS1.CC(C)(C)OC(=O)CC1=N[C@@]2(c3ccccc3F)CC[C@H](F)C[C@H]2CS1. The van der Waals surface area contributed by atoms with Crippen LogP contribution in [0.1, 0.15) is 208 Å². The molecule has 4 saturated carbocycles. The molecular weight excluding hydrogens is 1500 g/mol. The molecule has 4 aliphatic heterocycles. The summed E-state index contributed by atoms with van der Waals surface area (Å²) in [6.07, 6.45) is 0.324. The molecule has 0 unspecified atom stereocenters. The van der Waals surface area contributed by atoms with Crippen molar-refractivity contribution < 1.29 is 78.2 Å². The quantitative estimate of drug-likeness (QED) is 0.0315. The molecule has 109 heavy (non-hydrogen) atoms. The second-order valence-electron chi connectivity index (χ2n) is 33.2. The van der Waals surface area contributed by atoms with Crippen LogP contribution in [0, 0.1) is 57.1 Å². The number of ether oxygens (including phenoxy) is 4. The Kier molecular flexibility index (Phi) is 27.8. The normalized spacial score (nSPS) is 28.1. The van der Waals surface area contributed by atoms with Crippen LogP contribution < -0.4 is 11.5 Å². The van der Waals surface area contributed by atoms with E-state index in [2.05, 4.69) is 0 Å². The fourth-order valence-corrected chi connectivity index (χ4v) is 20.6. The molecule has 4 heterocycles. The van der Waals surface area contributed by atoms with Gasteiger partial charge in [0.25, 0.3) is 5.69 Å². The van der Waals surface area contributed by atoms with Crippen molar-refractivity contribution >= 4 is 108 Å². The van der Waals surface area contributed by atoms with Gasteiger partial charge in [0.1, 0.15) is 70.4 Å². The third-order valence-electron chi connectivity index (χ3n) is 20.1. The lowest BCUT2D eigenvalue weighted by atomic mass is 9.69. The Morgan fingerprint density at radius 1 is 0.422 bits per heavy atom. The Bertz CT molecular complexity index is 4000. The van der Waals surface area contributed by atoms with Crippen LogP contribution in [0.4, 0.5) is 52.2 Å². The molecule has 29 heteroatoms. The summed E-state index contributed by atoms with van der Waals surface area (Å²) >= 11 is 5.68. The van der Waals surface area contributed by atoms with Gasteiger partial charge in [0, 0.05) is 92.4 Å². The minimum absolute atomic E-state index is 0.0411. The molecule has 12 rings (SSSR count). The van der Waals surface area contributed by atoms with Gasteiger partial charge in [-0.1, -0.05) is 18.2 Å². The predicted molar refractivity (Wildman–Crippen MR) is 418 cm³/mol. The summed E-state index contributed by atoms with van der Waals surface area (Å²) in [7, 11) is 0. The number of hydrogen-bond acceptors (Lipinski definition) is 20. The first-order valence-corrected chi connectivity index (χ1v) is 40.9. The Hall–Kier alpha value is -6.72. The molecule has 4 fully saturated rings. The molecule has 4 aromatic rings. The lowest BCUT2D eigenvalue weighted by Gasteiger charge is -2.45. The van der Waals surface area contributed by atoms with E-state index in [0.717, 1.165) is 12.1 Å². The van der Waals surface area contributed by atoms with Gasteiger partial charge >= 0.3 is 23.9 Å². The highest BCUT2D eigenvalue weighted by Crippen LogP contribution is 2.56. The maximum Gasteiger partial charge on any atom is 0.312 e. The number of nitro benzene ring substituents is 1. The third-order valence-corrected chi connectivity index (χ3v) is 24.6. The van der Waals surface area contributed by atoms with Crippen LogP contribution in [0.2, 0.25) is 0 Å². The summed E-state index contributed by atoms with van der Waals surface area (Å²) in [5, 5.41) is 13.6. The summed E-state index contributed by atoms with van der Waals surface area (Å²) in [5.41, 5.74) is 7.88. The average Bonchev–Trinajstić information content (AvgIpc) is 0.809. The van der Waals surface area contributed by atoms with Crippen LogP contribution in [0.15, 0.2) is 98.8 Å². The molecule has 0 radical (unpaired) electrons. The zero-order valence-electron chi connectivity index (χ0n) is 63.9. The van der Waals surface area contributed by atoms with Crippen LogP contribution >= 0.6 is 47.0 Å². The van der Waals surface area contributed by atoms with E-state index in [1.165, 1.54) is 83.4 Å². The zero-order chi connectivity index (χ0) is 80.0. The molecule has 4 aliphatic carbocycles. The van der Waals surface area contributed by atoms with Crippen molar-refractivity contribution in [2.24, 2.45) is 43.6 Å². The molecule has 0 amide bonds. The number of nitrogen functional groups attached to an aromatic ring is 2. The second-order valence-corrected chi connectivity index (χ2v) is 37.5. The summed E-state index contributed by atoms with van der Waals surface area (Å²) in [4.78, 5) is 78.8. The van der Waals surface area contributed by atoms with Gasteiger partial charge in [-0.3, -0.25) is 49.3 Å². The van der Waals surface area contributed by atoms with Crippen molar-refractivity contribution in [2.45, 2.75) is 255 Å². The van der Waals surface area contributed by atoms with Crippen molar-refractivity contribution in [3.8, 4) is 0 Å². The largest absolute Gasteiger partial charge is 0.460 e. The monoisotopic (exact) mass is 1600 g/mol. The number of halogens is 8. The maximum absolute atomic E-state index is 14.8. The van der Waals surface area contributed by atoms with E-state index < -0.39 is 97.6 Å². The van der Waals surface area contributed by atoms with Gasteiger partial charge in [0.15, 0.2) is 0 Å². The number of nitrogens with zero attached hydrogens (tertiary/aromatic N) is 5. The molecule has 0 aromatic heterocycles. The van der Waals surface area contributed by atoms with Gasteiger partial charge in [-0.05, 0) is 209 Å². The zero-order valence-corrected chi connectivity index (χ0v) is 67.2. The average molecular weight is 1600 g/mol. The first kappa shape index (κ1) is 86.3. The molecule has 4 N–H and O–H groups in total. The molecule has 0 spiro atoms. The number of esters is 4. The Labute approximate surface area is 650 Å². The molecular formula is C80H101F8N7O10S4. The van der Waals surface area contributed by atoms with Crippen LogP contribution in [-0.2, 0) is 60.3 Å². The van der Waals surface area contributed by atoms with Crippen molar-refractivity contribution in [1.82, 2.24) is 0 Å². The number of aliphatic imine (C=N–C) groups is 4. The lowest BCUT2D eigenvalue weighted by Crippen LogP contribution is -2.45. The number of fused-ring (bicyclic) bond motifs is 4. The smallest absolute Gasteiger partial charge is 0.312 e. The lowest BCUT2D eigenvalue weighted by molar-refractivity contribution is -0.385. The molecule has 12 atom stereocenters. The van der Waals surface area contributed by atoms with Crippen LogP contribution in [0.25, 0.3) is 0 Å². The molecule has 596 valence electrons. The standard InChI is InChI=1S/C20H24F2N2O4S.2C20H26F2N2O2S.C20H25F2NO2S/c1-19(2,3)28-18(25)10-17-23-20(7-6-13(21)8-12(20)11-29-17)15-9-14(24(26)27)4-5-16(15)22;2*1-19(2,3)26-18(25)10-17-24-20(15-9-14(23)4-5-16(15)22)7-6-13(21)8-12(20)11-27-17;1-19(2,3)25-18(24)11-17-23-20(15-6-4-5-7-16(15)22)9-8-14(21)10-13(20)12-26-17/h4-5,9,12-13H,6-8,10-11H2,1-3H3;2*4-5,9,12-13H,6-8,10-11,23H2,1-3H3;4-7,13-14H,8-12H2,1-3H3/t3*12-,13-,20-;13-,14-,20-/m0000/s1. The number of hydrogen-bond donors (Lipinski definition) is 2. The summed E-state index contributed by atoms with van der Waals surface area (Å²) in [6.45, 7) is 21.6. The Balaban J connectivity index is 0.000000168. The summed E-state index contributed by atoms with van der Waals surface area (Å²) in [5.74, 6) is -1.59. The topological polar surface area (TPSA) is 250 Å². The number of anilines is 2. The van der Waals surface area contributed by atoms with E-state index >= 15 is 0 Å². The van der Waals surface area contributed by atoms with E-state index in [9.17, 15) is 64.4 Å². The van der Waals surface area contributed by atoms with Crippen LogP contribution in [0.3, 0.4) is 0 Å². The van der Waals surface area contributed by atoms with Crippen molar-refractivity contribution in [2.75, 3.05) is 34.5 Å². The first-order valence-electron chi connectivity index (χ1n) is 37.0. The van der Waals surface area contributed by atoms with Gasteiger partial charge in [0.05, 0.1) is 72.9 Å². The highest BCUT2D eigenvalue weighted by Gasteiger charge is 2.54. The molecule has 17 nitrogen and oxygen atoms in total. The molecule has 8 aliphatic rings. The third kappa shape index (κ3) is 22.4. The maximum atomic E-state index is 14.8. The van der Waals surface area contributed by atoms with Crippen molar-refractivity contribution in [1.29, 1.82) is 0 Å². The van der Waals surface area contributed by atoms with E-state index in [0.29, 0.717) is 129 Å². The van der Waals surface area contributed by atoms with Gasteiger partial charge in [-0.2, -0.15) is 0 Å². The second kappa shape index (κ2) is 35.1. The fraction of sp³-hybridized carbons (Fsp3) is 0.600. The van der Waals surface area contributed by atoms with E-state index in [1.807, 2.05) is 62.3 Å². The minimum Gasteiger partial charge on any atom is -0.460 e. The highest BCUT2D eigenvalue weighted by atomic mass is 32.2. The number of carbonyl (C=O) groups is 4. The summed E-state index contributed by atoms with van der Waals surface area (Å²) in [6, 6.07) is 18.9. The fourth-order valence-electron chi connectivity index (χ4n) is 15.6. The summed E-state index contributed by atoms with van der Waals surface area (Å²) < 4.78 is 137. The minimum atomic E-state index is -1.11. The number of non-ortho nitro benzene ring substituents is 1. The van der Waals surface area contributed by atoms with Crippen LogP contribution in [0.5, 0.6) is 0 Å². The number of rotatable bonds is 13. The van der Waals surface area contributed by atoms with E-state index in [4.69, 9.17) is 50.4 Å². The number of benzene rings is 4. The van der Waals surface area contributed by atoms with Gasteiger partial charge in [0.2, 0.25) is 0 Å². The van der Waals surface area contributed by atoms with Gasteiger partial charge in [-0.15, -0.1) is 47.0 Å². The highest BCUT2D eigenvalue weighted by molar-refractivity contribution is 8.14. The van der Waals surface area contributed by atoms with Gasteiger partial charge in [-0.25, -0.2) is 35.1 Å². The molecule has 4 aromatic carbocycles. The van der Waals surface area contributed by atoms with Crippen molar-refractivity contribution in [3.05, 3.63) is 134 Å².